The first-order chi connectivity index (χ1) is 11.1. The Kier molecular flexibility index (Phi) is 6.38. The molecule has 0 fully saturated rings. The van der Waals surface area contributed by atoms with Gasteiger partial charge in [0, 0.05) is 35.0 Å². The number of nitrogens with zero attached hydrogens (tertiary/aromatic N) is 3. The SMILES string of the molecule is Nc1cc(Cl)cc([N+](=O)[O-])c1.O=[N+]([O-])c1cc(Cl)cc([N+](=O)[O-])c1. The molecule has 10 nitrogen and oxygen atoms in total. The summed E-state index contributed by atoms with van der Waals surface area (Å²) in [6, 6.07) is 6.91. The molecule has 0 amide bonds. The Morgan fingerprint density at radius 1 is 0.667 bits per heavy atom. The van der Waals surface area contributed by atoms with Crippen LogP contribution < -0.4 is 5.73 Å². The minimum absolute atomic E-state index is 0.0269. The van der Waals surface area contributed by atoms with Crippen molar-refractivity contribution in [1.82, 2.24) is 0 Å². The van der Waals surface area contributed by atoms with Gasteiger partial charge in [-0.3, -0.25) is 30.3 Å². The lowest BCUT2D eigenvalue weighted by molar-refractivity contribution is -0.394. The van der Waals surface area contributed by atoms with E-state index in [9.17, 15) is 30.3 Å². The second-order valence-electron chi connectivity index (χ2n) is 4.18. The maximum absolute atomic E-state index is 10.3. The van der Waals surface area contributed by atoms with Crippen LogP contribution in [-0.2, 0) is 0 Å². The highest BCUT2D eigenvalue weighted by atomic mass is 35.5. The minimum atomic E-state index is -0.737. The van der Waals surface area contributed by atoms with Gasteiger partial charge in [0.2, 0.25) is 0 Å². The van der Waals surface area contributed by atoms with Crippen molar-refractivity contribution in [2.45, 2.75) is 0 Å². The van der Waals surface area contributed by atoms with Gasteiger partial charge in [0.1, 0.15) is 0 Å². The van der Waals surface area contributed by atoms with Crippen molar-refractivity contribution >= 4 is 46.0 Å². The van der Waals surface area contributed by atoms with Gasteiger partial charge in [0.05, 0.1) is 25.9 Å². The summed E-state index contributed by atoms with van der Waals surface area (Å²) >= 11 is 10.9. The summed E-state index contributed by atoms with van der Waals surface area (Å²) in [5.41, 5.74) is 4.74. The first-order valence-corrected chi connectivity index (χ1v) is 6.65. The van der Waals surface area contributed by atoms with E-state index in [2.05, 4.69) is 0 Å². The molecular weight excluding hydrogens is 367 g/mol. The van der Waals surface area contributed by atoms with E-state index in [0.717, 1.165) is 18.2 Å². The number of non-ortho nitro benzene ring substituents is 3. The molecule has 0 heterocycles. The lowest BCUT2D eigenvalue weighted by atomic mass is 10.3. The van der Waals surface area contributed by atoms with Crippen LogP contribution in [0.3, 0.4) is 0 Å². The number of hydrogen-bond donors (Lipinski definition) is 1. The quantitative estimate of drug-likeness (QED) is 0.483. The molecule has 126 valence electrons. The molecule has 0 saturated heterocycles. The van der Waals surface area contributed by atoms with Crippen molar-refractivity contribution in [2.75, 3.05) is 5.73 Å². The summed E-state index contributed by atoms with van der Waals surface area (Å²) in [5, 5.41) is 30.9. The van der Waals surface area contributed by atoms with Crippen LogP contribution in [0, 0.1) is 30.3 Å². The monoisotopic (exact) mass is 374 g/mol. The Bertz CT molecular complexity index is 762. The molecule has 0 aliphatic heterocycles. The smallest absolute Gasteiger partial charge is 0.277 e. The second-order valence-corrected chi connectivity index (χ2v) is 5.05. The van der Waals surface area contributed by atoms with Crippen LogP contribution in [0.5, 0.6) is 0 Å². The first-order valence-electron chi connectivity index (χ1n) is 5.90. The summed E-state index contributed by atoms with van der Waals surface area (Å²) in [6.45, 7) is 0. The highest BCUT2D eigenvalue weighted by molar-refractivity contribution is 6.31. The van der Waals surface area contributed by atoms with Crippen LogP contribution in [0.1, 0.15) is 0 Å². The largest absolute Gasteiger partial charge is 0.398 e. The molecule has 12 heteroatoms. The number of nitro benzene ring substituents is 3. The molecule has 0 saturated carbocycles. The zero-order valence-electron chi connectivity index (χ0n) is 11.6. The maximum Gasteiger partial charge on any atom is 0.277 e. The number of halogens is 2. The third kappa shape index (κ3) is 5.66. The summed E-state index contributed by atoms with van der Waals surface area (Å²) in [7, 11) is 0. The topological polar surface area (TPSA) is 155 Å². The number of anilines is 1. The molecular formula is C12H8Cl2N4O6. The van der Waals surface area contributed by atoms with Gasteiger partial charge in [0.15, 0.2) is 0 Å². The van der Waals surface area contributed by atoms with E-state index in [1.807, 2.05) is 0 Å². The summed E-state index contributed by atoms with van der Waals surface area (Å²) in [6.07, 6.45) is 0. The Morgan fingerprint density at radius 2 is 1.00 bits per heavy atom. The highest BCUT2D eigenvalue weighted by Gasteiger charge is 2.15. The van der Waals surface area contributed by atoms with Crippen LogP contribution in [0.2, 0.25) is 10.0 Å². The third-order valence-electron chi connectivity index (χ3n) is 2.40. The van der Waals surface area contributed by atoms with E-state index in [-0.39, 0.29) is 27.1 Å². The average molecular weight is 375 g/mol. The predicted octanol–water partition coefficient (Wildman–Crippen LogP) is 3.99. The standard InChI is InChI=1S/C6H3ClN2O4.C6H5ClN2O2/c7-4-1-5(8(10)11)3-6(2-4)9(12)13;7-4-1-5(8)3-6(2-4)9(10)11/h1-3H;1-3H,8H2. The van der Waals surface area contributed by atoms with Gasteiger partial charge in [-0.05, 0) is 6.07 Å². The Morgan fingerprint density at radius 3 is 1.33 bits per heavy atom. The van der Waals surface area contributed by atoms with E-state index in [1.165, 1.54) is 18.2 Å². The van der Waals surface area contributed by atoms with Crippen molar-refractivity contribution in [3.8, 4) is 0 Å². The number of rotatable bonds is 3. The molecule has 0 radical (unpaired) electrons. The molecule has 2 rings (SSSR count). The highest BCUT2D eigenvalue weighted by Crippen LogP contribution is 2.25. The minimum Gasteiger partial charge on any atom is -0.398 e. The first kappa shape index (κ1) is 19.1. The average Bonchev–Trinajstić information content (AvgIpc) is 2.46. The fourth-order valence-corrected chi connectivity index (χ4v) is 1.93. The number of nitrogen functional groups attached to an aromatic ring is 1. The van der Waals surface area contributed by atoms with E-state index < -0.39 is 14.8 Å². The Balaban J connectivity index is 0.000000243. The van der Waals surface area contributed by atoms with Crippen LogP contribution >= 0.6 is 23.2 Å². The Labute approximate surface area is 143 Å². The van der Waals surface area contributed by atoms with Crippen LogP contribution in [0.15, 0.2) is 36.4 Å². The van der Waals surface area contributed by atoms with Crippen molar-refractivity contribution in [3.05, 3.63) is 76.8 Å². The molecule has 0 bridgehead atoms. The van der Waals surface area contributed by atoms with E-state index >= 15 is 0 Å². The molecule has 2 aromatic rings. The number of benzene rings is 2. The normalized spacial score (nSPS) is 9.58. The second kappa shape index (κ2) is 8.04. The van der Waals surface area contributed by atoms with Gasteiger partial charge in [-0.15, -0.1) is 0 Å². The molecule has 0 aromatic heterocycles. The molecule has 2 N–H and O–H groups in total. The van der Waals surface area contributed by atoms with Crippen LogP contribution in [0.4, 0.5) is 22.7 Å². The van der Waals surface area contributed by atoms with E-state index in [1.54, 1.807) is 0 Å². The Hall–Kier alpha value is -2.98. The van der Waals surface area contributed by atoms with E-state index in [4.69, 9.17) is 28.9 Å². The lowest BCUT2D eigenvalue weighted by Crippen LogP contribution is -1.92. The van der Waals surface area contributed by atoms with Gasteiger partial charge in [-0.25, -0.2) is 0 Å². The predicted molar refractivity (Wildman–Crippen MR) is 87.3 cm³/mol. The van der Waals surface area contributed by atoms with Gasteiger partial charge in [0.25, 0.3) is 17.1 Å². The van der Waals surface area contributed by atoms with Crippen molar-refractivity contribution in [3.63, 3.8) is 0 Å². The third-order valence-corrected chi connectivity index (χ3v) is 2.84. The van der Waals surface area contributed by atoms with Gasteiger partial charge >= 0.3 is 0 Å². The maximum atomic E-state index is 10.3. The number of nitro groups is 3. The van der Waals surface area contributed by atoms with E-state index in [0.29, 0.717) is 5.69 Å². The van der Waals surface area contributed by atoms with Crippen LogP contribution in [-0.4, -0.2) is 14.8 Å². The molecule has 0 atom stereocenters. The molecule has 0 spiro atoms. The van der Waals surface area contributed by atoms with Crippen molar-refractivity contribution in [1.29, 1.82) is 0 Å². The fraction of sp³-hybridized carbons (Fsp3) is 0. The molecule has 0 aliphatic carbocycles. The van der Waals surface area contributed by atoms with Crippen LogP contribution in [0.25, 0.3) is 0 Å². The lowest BCUT2D eigenvalue weighted by Gasteiger charge is -1.94. The molecule has 0 aliphatic rings. The van der Waals surface area contributed by atoms with Crippen molar-refractivity contribution < 1.29 is 14.8 Å². The molecule has 0 unspecified atom stereocenters. The summed E-state index contributed by atoms with van der Waals surface area (Å²) in [4.78, 5) is 28.7. The molecule has 24 heavy (non-hydrogen) atoms. The zero-order chi connectivity index (χ0) is 18.4. The molecule has 2 aromatic carbocycles. The summed E-state index contributed by atoms with van der Waals surface area (Å²) < 4.78 is 0. The van der Waals surface area contributed by atoms with Crippen molar-refractivity contribution in [2.24, 2.45) is 0 Å². The number of hydrogen-bond acceptors (Lipinski definition) is 7. The zero-order valence-corrected chi connectivity index (χ0v) is 13.1. The van der Waals surface area contributed by atoms with Gasteiger partial charge < -0.3 is 5.73 Å². The fourth-order valence-electron chi connectivity index (χ4n) is 1.47. The van der Waals surface area contributed by atoms with Gasteiger partial charge in [-0.1, -0.05) is 23.2 Å². The number of nitrogens with two attached hydrogens (primary N) is 1. The summed E-state index contributed by atoms with van der Waals surface area (Å²) in [5.74, 6) is 0. The van der Waals surface area contributed by atoms with Gasteiger partial charge in [-0.2, -0.15) is 0 Å².